The van der Waals surface area contributed by atoms with Crippen LogP contribution >= 0.6 is 11.5 Å². The van der Waals surface area contributed by atoms with Crippen molar-refractivity contribution in [3.8, 4) is 0 Å². The first-order chi connectivity index (χ1) is 8.77. The van der Waals surface area contributed by atoms with E-state index in [-0.39, 0.29) is 17.6 Å². The summed E-state index contributed by atoms with van der Waals surface area (Å²) in [6.07, 6.45) is 2.81. The number of carbonyl (C=O) groups excluding carboxylic acids is 2. The number of amides is 2. The summed E-state index contributed by atoms with van der Waals surface area (Å²) in [5.41, 5.74) is 0. The van der Waals surface area contributed by atoms with Gasteiger partial charge in [-0.15, -0.1) is 5.10 Å². The van der Waals surface area contributed by atoms with Crippen LogP contribution in [0, 0.1) is 0 Å². The number of nitrogens with zero attached hydrogens (tertiary/aromatic N) is 2. The third kappa shape index (κ3) is 3.14. The zero-order valence-corrected chi connectivity index (χ0v) is 10.1. The molecule has 18 heavy (non-hydrogen) atoms. The first-order valence-corrected chi connectivity index (χ1v) is 5.92. The smallest absolute Gasteiger partial charge is 0.287 e. The summed E-state index contributed by atoms with van der Waals surface area (Å²) in [5, 5.41) is 8.80. The number of nitrogens with one attached hydrogen (secondary N) is 2. The summed E-state index contributed by atoms with van der Waals surface area (Å²) in [5.74, 6) is -0.320. The Morgan fingerprint density at radius 2 is 2.06 bits per heavy atom. The van der Waals surface area contributed by atoms with Crippen molar-refractivity contribution in [3.05, 3.63) is 35.2 Å². The number of furan rings is 1. The maximum Gasteiger partial charge on any atom is 0.287 e. The Bertz CT molecular complexity index is 461. The predicted octanol–water partition coefficient (Wildman–Crippen LogP) is 0.291. The number of rotatable bonds is 5. The topological polar surface area (TPSA) is 97.1 Å². The lowest BCUT2D eigenvalue weighted by Crippen LogP contribution is -2.34. The van der Waals surface area contributed by atoms with Crippen LogP contribution in [0.3, 0.4) is 0 Å². The van der Waals surface area contributed by atoms with Gasteiger partial charge >= 0.3 is 0 Å². The van der Waals surface area contributed by atoms with Gasteiger partial charge in [0, 0.05) is 13.1 Å². The van der Waals surface area contributed by atoms with Gasteiger partial charge in [0.05, 0.1) is 12.5 Å². The molecular formula is C10H10N4O3S. The molecule has 0 aliphatic heterocycles. The maximum atomic E-state index is 11.5. The lowest BCUT2D eigenvalue weighted by atomic mass is 10.4. The minimum atomic E-state index is -0.311. The van der Waals surface area contributed by atoms with Crippen LogP contribution in [0.15, 0.2) is 29.0 Å². The highest BCUT2D eigenvalue weighted by atomic mass is 32.1. The van der Waals surface area contributed by atoms with Gasteiger partial charge in [0.15, 0.2) is 5.76 Å². The third-order valence-electron chi connectivity index (χ3n) is 2.03. The van der Waals surface area contributed by atoms with Crippen molar-refractivity contribution >= 4 is 23.3 Å². The fourth-order valence-corrected chi connectivity index (χ4v) is 1.63. The first kappa shape index (κ1) is 12.2. The lowest BCUT2D eigenvalue weighted by Gasteiger charge is -2.04. The Kier molecular flexibility index (Phi) is 4.02. The van der Waals surface area contributed by atoms with Crippen LogP contribution in [0.4, 0.5) is 0 Å². The average Bonchev–Trinajstić information content (AvgIpc) is 3.05. The number of hydrogen-bond acceptors (Lipinski definition) is 6. The number of aromatic nitrogens is 2. The standard InChI is InChI=1S/C10H10N4O3S/c15-9(7-2-1-5-17-7)11-3-4-12-10(16)8-6-13-14-18-8/h1-2,5-6H,3-4H2,(H,11,15)(H,12,16). The molecule has 7 nitrogen and oxygen atoms in total. The van der Waals surface area contributed by atoms with E-state index in [0.29, 0.717) is 18.0 Å². The highest BCUT2D eigenvalue weighted by Crippen LogP contribution is 2.00. The largest absolute Gasteiger partial charge is 0.459 e. The van der Waals surface area contributed by atoms with Gasteiger partial charge in [-0.1, -0.05) is 4.49 Å². The minimum absolute atomic E-state index is 0.244. The van der Waals surface area contributed by atoms with Crippen LogP contribution in [0.2, 0.25) is 0 Å². The second kappa shape index (κ2) is 5.92. The first-order valence-electron chi connectivity index (χ1n) is 5.14. The zero-order chi connectivity index (χ0) is 12.8. The van der Waals surface area contributed by atoms with Gasteiger partial charge in [0.25, 0.3) is 11.8 Å². The van der Waals surface area contributed by atoms with Crippen LogP contribution < -0.4 is 10.6 Å². The highest BCUT2D eigenvalue weighted by Gasteiger charge is 2.09. The minimum Gasteiger partial charge on any atom is -0.459 e. The molecule has 0 fully saturated rings. The molecule has 0 aliphatic carbocycles. The molecule has 0 aliphatic rings. The van der Waals surface area contributed by atoms with E-state index in [1.54, 1.807) is 12.1 Å². The van der Waals surface area contributed by atoms with Crippen LogP contribution in [0.5, 0.6) is 0 Å². The van der Waals surface area contributed by atoms with Crippen LogP contribution in [-0.4, -0.2) is 34.5 Å². The van der Waals surface area contributed by atoms with E-state index in [1.807, 2.05) is 0 Å². The molecule has 0 spiro atoms. The Morgan fingerprint density at radius 1 is 1.28 bits per heavy atom. The number of carbonyl (C=O) groups is 2. The van der Waals surface area contributed by atoms with E-state index >= 15 is 0 Å². The molecule has 0 bridgehead atoms. The molecule has 2 rings (SSSR count). The molecule has 2 aromatic rings. The Balaban J connectivity index is 1.67. The van der Waals surface area contributed by atoms with Crippen molar-refractivity contribution in [2.24, 2.45) is 0 Å². The fraction of sp³-hybridized carbons (Fsp3) is 0.200. The van der Waals surface area contributed by atoms with E-state index in [9.17, 15) is 9.59 Å². The van der Waals surface area contributed by atoms with E-state index in [4.69, 9.17) is 4.42 Å². The van der Waals surface area contributed by atoms with E-state index < -0.39 is 0 Å². The molecule has 0 unspecified atom stereocenters. The molecule has 0 saturated carbocycles. The van der Waals surface area contributed by atoms with E-state index in [2.05, 4.69) is 20.2 Å². The molecule has 0 radical (unpaired) electrons. The van der Waals surface area contributed by atoms with E-state index in [0.717, 1.165) is 11.5 Å². The van der Waals surface area contributed by atoms with Gasteiger partial charge in [0.2, 0.25) is 0 Å². The van der Waals surface area contributed by atoms with Crippen molar-refractivity contribution < 1.29 is 14.0 Å². The Labute approximate surface area is 106 Å². The molecule has 0 saturated heterocycles. The third-order valence-corrected chi connectivity index (χ3v) is 2.69. The van der Waals surface area contributed by atoms with Crippen molar-refractivity contribution in [1.29, 1.82) is 0 Å². The van der Waals surface area contributed by atoms with Gasteiger partial charge < -0.3 is 15.1 Å². The number of hydrogen-bond donors (Lipinski definition) is 2. The molecular weight excluding hydrogens is 256 g/mol. The van der Waals surface area contributed by atoms with E-state index in [1.165, 1.54) is 12.5 Å². The van der Waals surface area contributed by atoms with Gasteiger partial charge in [-0.25, -0.2) is 0 Å². The molecule has 0 aromatic carbocycles. The van der Waals surface area contributed by atoms with Gasteiger partial charge in [0.1, 0.15) is 4.88 Å². The molecule has 94 valence electrons. The van der Waals surface area contributed by atoms with Crippen molar-refractivity contribution in [2.75, 3.05) is 13.1 Å². The summed E-state index contributed by atoms with van der Waals surface area (Å²) in [4.78, 5) is 23.3. The zero-order valence-electron chi connectivity index (χ0n) is 9.25. The molecule has 8 heteroatoms. The predicted molar refractivity (Wildman–Crippen MR) is 63.3 cm³/mol. The second-order valence-electron chi connectivity index (χ2n) is 3.27. The summed E-state index contributed by atoms with van der Waals surface area (Å²) < 4.78 is 8.50. The van der Waals surface area contributed by atoms with Gasteiger partial charge in [-0.05, 0) is 23.7 Å². The van der Waals surface area contributed by atoms with Crippen molar-refractivity contribution in [3.63, 3.8) is 0 Å². The normalized spacial score (nSPS) is 10.0. The molecule has 2 aromatic heterocycles. The van der Waals surface area contributed by atoms with Crippen molar-refractivity contribution in [2.45, 2.75) is 0 Å². The summed E-state index contributed by atoms with van der Waals surface area (Å²) >= 11 is 1.02. The summed E-state index contributed by atoms with van der Waals surface area (Å²) in [7, 11) is 0. The SMILES string of the molecule is O=C(NCCNC(=O)c1cnns1)c1ccco1. The Morgan fingerprint density at radius 3 is 2.67 bits per heavy atom. The highest BCUT2D eigenvalue weighted by molar-refractivity contribution is 7.07. The molecule has 0 atom stereocenters. The van der Waals surface area contributed by atoms with Crippen LogP contribution in [0.1, 0.15) is 20.2 Å². The summed E-state index contributed by atoms with van der Waals surface area (Å²) in [6.45, 7) is 0.640. The van der Waals surface area contributed by atoms with Crippen LogP contribution in [0.25, 0.3) is 0 Å². The quantitative estimate of drug-likeness (QED) is 0.758. The molecule has 2 N–H and O–H groups in total. The average molecular weight is 266 g/mol. The monoisotopic (exact) mass is 266 g/mol. The summed E-state index contributed by atoms with van der Waals surface area (Å²) in [6, 6.07) is 3.20. The second-order valence-corrected chi connectivity index (χ2v) is 4.06. The van der Waals surface area contributed by atoms with Crippen LogP contribution in [-0.2, 0) is 0 Å². The maximum absolute atomic E-state index is 11.5. The molecule has 2 heterocycles. The fourth-order valence-electron chi connectivity index (χ4n) is 1.20. The Hall–Kier alpha value is -2.22. The van der Waals surface area contributed by atoms with Crippen molar-refractivity contribution in [1.82, 2.24) is 20.2 Å². The van der Waals surface area contributed by atoms with Gasteiger partial charge in [-0.2, -0.15) is 0 Å². The lowest BCUT2D eigenvalue weighted by molar-refractivity contribution is 0.0911. The van der Waals surface area contributed by atoms with Gasteiger partial charge in [-0.3, -0.25) is 9.59 Å². The molecule has 2 amide bonds.